The quantitative estimate of drug-likeness (QED) is 0.769. The van der Waals surface area contributed by atoms with Crippen LogP contribution in [-0.2, 0) is 0 Å². The summed E-state index contributed by atoms with van der Waals surface area (Å²) in [6.45, 7) is 15.9. The Morgan fingerprint density at radius 3 is 2.40 bits per heavy atom. The van der Waals surface area contributed by atoms with Crippen molar-refractivity contribution >= 4 is 0 Å². The van der Waals surface area contributed by atoms with Gasteiger partial charge in [-0.3, -0.25) is 0 Å². The first kappa shape index (κ1) is 12.2. The molecular weight excluding hydrogens is 184 g/mol. The molecule has 1 rings (SSSR count). The van der Waals surface area contributed by atoms with Gasteiger partial charge in [0, 0.05) is 17.9 Å². The molecule has 0 aromatic heterocycles. The molecule has 1 fully saturated rings. The smallest absolute Gasteiger partial charge is 0.0677 e. The van der Waals surface area contributed by atoms with Crippen LogP contribution in [0, 0.1) is 11.8 Å². The monoisotopic (exact) mass is 208 g/mol. The highest BCUT2D eigenvalue weighted by Gasteiger charge is 2.29. The van der Waals surface area contributed by atoms with E-state index in [1.807, 2.05) is 0 Å². The molecule has 0 saturated carbocycles. The van der Waals surface area contributed by atoms with Crippen LogP contribution in [0.15, 0.2) is 24.6 Å². The molecule has 86 valence electrons. The second-order valence-electron chi connectivity index (χ2n) is 4.95. The molecule has 0 aromatic carbocycles. The maximum Gasteiger partial charge on any atom is 0.0677 e. The Hall–Kier alpha value is -0.920. The number of likely N-dealkylation sites (tertiary alicyclic amines) is 1. The van der Waals surface area contributed by atoms with E-state index in [1.165, 1.54) is 12.1 Å². The van der Waals surface area contributed by atoms with Crippen molar-refractivity contribution < 1.29 is 0 Å². The summed E-state index contributed by atoms with van der Waals surface area (Å²) >= 11 is 0. The molecule has 15 heavy (non-hydrogen) atoms. The first-order valence-corrected chi connectivity index (χ1v) is 5.84. The van der Waals surface area contributed by atoms with E-state index in [1.54, 1.807) is 0 Å². The Labute approximate surface area is 93.8 Å². The number of allylic oxidation sites excluding steroid dienone is 1. The van der Waals surface area contributed by atoms with Crippen LogP contribution in [0.4, 0.5) is 0 Å². The van der Waals surface area contributed by atoms with Gasteiger partial charge in [-0.1, -0.05) is 33.9 Å². The molecule has 0 aromatic rings. The summed E-state index contributed by atoms with van der Waals surface area (Å²) in [5.74, 6) is 1.15. The molecule has 2 N–H and O–H groups in total. The molecule has 1 heterocycles. The standard InChI is InChI=1S/C13H24N2/c1-9(2)10(3)12(5)15-8-6-7-13(15)11(4)14/h9-10,13H,4-8,14H2,1-3H3. The zero-order valence-electron chi connectivity index (χ0n) is 10.3. The lowest BCUT2D eigenvalue weighted by Crippen LogP contribution is -2.35. The van der Waals surface area contributed by atoms with Crippen LogP contribution in [0.2, 0.25) is 0 Å². The molecule has 2 atom stereocenters. The van der Waals surface area contributed by atoms with Crippen LogP contribution in [0.3, 0.4) is 0 Å². The average Bonchev–Trinajstić information content (AvgIpc) is 2.63. The minimum absolute atomic E-state index is 0.318. The summed E-state index contributed by atoms with van der Waals surface area (Å²) in [4.78, 5) is 2.34. The maximum absolute atomic E-state index is 5.82. The third kappa shape index (κ3) is 2.55. The fraction of sp³-hybridized carbons (Fsp3) is 0.692. The highest BCUT2D eigenvalue weighted by atomic mass is 15.2. The van der Waals surface area contributed by atoms with E-state index in [4.69, 9.17) is 5.73 Å². The fourth-order valence-electron chi connectivity index (χ4n) is 2.14. The molecule has 1 aliphatic heterocycles. The first-order valence-electron chi connectivity index (χ1n) is 5.84. The minimum atomic E-state index is 0.318. The highest BCUT2D eigenvalue weighted by molar-refractivity contribution is 5.12. The van der Waals surface area contributed by atoms with Gasteiger partial charge in [-0.05, 0) is 24.7 Å². The van der Waals surface area contributed by atoms with Crippen LogP contribution < -0.4 is 5.73 Å². The Bertz CT molecular complexity index is 255. The fourth-order valence-corrected chi connectivity index (χ4v) is 2.14. The van der Waals surface area contributed by atoms with Gasteiger partial charge in [0.2, 0.25) is 0 Å². The number of nitrogens with zero attached hydrogens (tertiary/aromatic N) is 1. The van der Waals surface area contributed by atoms with Crippen LogP contribution in [0.5, 0.6) is 0 Å². The van der Waals surface area contributed by atoms with Crippen molar-refractivity contribution in [2.45, 2.75) is 39.7 Å². The molecule has 0 aliphatic carbocycles. The van der Waals surface area contributed by atoms with Gasteiger partial charge in [-0.25, -0.2) is 0 Å². The van der Waals surface area contributed by atoms with Crippen molar-refractivity contribution in [3.8, 4) is 0 Å². The Balaban J connectivity index is 2.70. The molecule has 0 radical (unpaired) electrons. The van der Waals surface area contributed by atoms with Gasteiger partial charge in [0.05, 0.1) is 6.04 Å². The van der Waals surface area contributed by atoms with Gasteiger partial charge >= 0.3 is 0 Å². The van der Waals surface area contributed by atoms with Gasteiger partial charge in [-0.2, -0.15) is 0 Å². The van der Waals surface area contributed by atoms with Crippen molar-refractivity contribution in [3.63, 3.8) is 0 Å². The summed E-state index contributed by atoms with van der Waals surface area (Å²) in [5.41, 5.74) is 7.83. The lowest BCUT2D eigenvalue weighted by molar-refractivity contribution is 0.287. The average molecular weight is 208 g/mol. The topological polar surface area (TPSA) is 29.3 Å². The van der Waals surface area contributed by atoms with Gasteiger partial charge in [0.25, 0.3) is 0 Å². The normalized spacial score (nSPS) is 23.2. The number of rotatable bonds is 4. The molecule has 2 nitrogen and oxygen atoms in total. The molecule has 2 heteroatoms. The summed E-state index contributed by atoms with van der Waals surface area (Å²) < 4.78 is 0. The molecule has 1 saturated heterocycles. The van der Waals surface area contributed by atoms with Gasteiger partial charge in [0.15, 0.2) is 0 Å². The second-order valence-corrected chi connectivity index (χ2v) is 4.95. The molecular formula is C13H24N2. The van der Waals surface area contributed by atoms with Crippen molar-refractivity contribution in [2.75, 3.05) is 6.54 Å². The van der Waals surface area contributed by atoms with Crippen LogP contribution in [-0.4, -0.2) is 17.5 Å². The van der Waals surface area contributed by atoms with E-state index < -0.39 is 0 Å². The second kappa shape index (κ2) is 4.73. The summed E-state index contributed by atoms with van der Waals surface area (Å²) in [6, 6.07) is 0.318. The highest BCUT2D eigenvalue weighted by Crippen LogP contribution is 2.30. The van der Waals surface area contributed by atoms with E-state index in [9.17, 15) is 0 Å². The molecule has 2 unspecified atom stereocenters. The first-order chi connectivity index (χ1) is 6.95. The SMILES string of the molecule is C=C(N)C1CCCN1C(=C)C(C)C(C)C. The van der Waals surface area contributed by atoms with E-state index in [0.29, 0.717) is 17.9 Å². The zero-order valence-corrected chi connectivity index (χ0v) is 10.3. The lowest BCUT2D eigenvalue weighted by atomic mass is 9.94. The Morgan fingerprint density at radius 1 is 1.33 bits per heavy atom. The van der Waals surface area contributed by atoms with Gasteiger partial charge < -0.3 is 10.6 Å². The van der Waals surface area contributed by atoms with E-state index in [2.05, 4.69) is 38.8 Å². The maximum atomic E-state index is 5.82. The molecule has 0 bridgehead atoms. The van der Waals surface area contributed by atoms with Crippen molar-refractivity contribution in [2.24, 2.45) is 17.6 Å². The predicted molar refractivity (Wildman–Crippen MR) is 66.2 cm³/mol. The van der Waals surface area contributed by atoms with E-state index in [-0.39, 0.29) is 0 Å². The molecule has 0 spiro atoms. The summed E-state index contributed by atoms with van der Waals surface area (Å²) in [6.07, 6.45) is 2.32. The van der Waals surface area contributed by atoms with Gasteiger partial charge in [-0.15, -0.1) is 0 Å². The zero-order chi connectivity index (χ0) is 11.6. The van der Waals surface area contributed by atoms with Crippen LogP contribution >= 0.6 is 0 Å². The van der Waals surface area contributed by atoms with E-state index in [0.717, 1.165) is 18.7 Å². The van der Waals surface area contributed by atoms with E-state index >= 15 is 0 Å². The van der Waals surface area contributed by atoms with Crippen LogP contribution in [0.25, 0.3) is 0 Å². The Morgan fingerprint density at radius 2 is 1.93 bits per heavy atom. The largest absolute Gasteiger partial charge is 0.401 e. The lowest BCUT2D eigenvalue weighted by Gasteiger charge is -2.33. The third-order valence-corrected chi connectivity index (χ3v) is 3.58. The third-order valence-electron chi connectivity index (χ3n) is 3.58. The van der Waals surface area contributed by atoms with Gasteiger partial charge in [0.1, 0.15) is 0 Å². The van der Waals surface area contributed by atoms with Crippen molar-refractivity contribution in [3.05, 3.63) is 24.6 Å². The van der Waals surface area contributed by atoms with Crippen molar-refractivity contribution in [1.29, 1.82) is 0 Å². The van der Waals surface area contributed by atoms with Crippen molar-refractivity contribution in [1.82, 2.24) is 4.90 Å². The molecule has 1 aliphatic rings. The number of hydrogen-bond donors (Lipinski definition) is 1. The van der Waals surface area contributed by atoms with Crippen LogP contribution in [0.1, 0.15) is 33.6 Å². The Kier molecular flexibility index (Phi) is 3.83. The summed E-state index contributed by atoms with van der Waals surface area (Å²) in [7, 11) is 0. The predicted octanol–water partition coefficient (Wildman–Crippen LogP) is 2.73. The minimum Gasteiger partial charge on any atom is -0.401 e. The number of hydrogen-bond acceptors (Lipinski definition) is 2. The number of nitrogens with two attached hydrogens (primary N) is 1. The summed E-state index contributed by atoms with van der Waals surface area (Å²) in [5, 5.41) is 0. The molecule has 0 amide bonds.